The van der Waals surface area contributed by atoms with Gasteiger partial charge in [-0.3, -0.25) is 19.7 Å². The Bertz CT molecular complexity index is 820. The number of rotatable bonds is 4. The third-order valence-electron chi connectivity index (χ3n) is 3.30. The van der Waals surface area contributed by atoms with Gasteiger partial charge in [0.25, 0.3) is 11.8 Å². The lowest BCUT2D eigenvalue weighted by molar-refractivity contribution is -0.114. The van der Waals surface area contributed by atoms with E-state index < -0.39 is 11.8 Å². The molecule has 0 bridgehead atoms. The Labute approximate surface area is 136 Å². The van der Waals surface area contributed by atoms with Crippen molar-refractivity contribution in [1.29, 1.82) is 0 Å². The van der Waals surface area contributed by atoms with Gasteiger partial charge in [-0.1, -0.05) is 17.7 Å². The monoisotopic (exact) mass is 329 g/mol. The Kier molecular flexibility index (Phi) is 3.99. The third-order valence-corrected chi connectivity index (χ3v) is 3.53. The van der Waals surface area contributed by atoms with E-state index in [1.54, 1.807) is 30.3 Å². The molecule has 0 radical (unpaired) electrons. The van der Waals surface area contributed by atoms with Gasteiger partial charge in [-0.2, -0.15) is 0 Å². The maximum atomic E-state index is 11.9. The molecule has 3 amide bonds. The molecule has 1 aliphatic heterocycles. The average Bonchev–Trinajstić information content (AvgIpc) is 2.80. The molecule has 0 spiro atoms. The van der Waals surface area contributed by atoms with Crippen molar-refractivity contribution in [3.8, 4) is 0 Å². The zero-order chi connectivity index (χ0) is 16.4. The van der Waals surface area contributed by atoms with E-state index in [-0.39, 0.29) is 18.0 Å². The molecule has 23 heavy (non-hydrogen) atoms. The van der Waals surface area contributed by atoms with Crippen LogP contribution in [-0.2, 0) is 4.79 Å². The second kappa shape index (κ2) is 6.10. The second-order valence-corrected chi connectivity index (χ2v) is 5.39. The number of hydrogen-bond acceptors (Lipinski definition) is 4. The van der Waals surface area contributed by atoms with Gasteiger partial charge in [0.2, 0.25) is 5.91 Å². The molecule has 2 aromatic rings. The van der Waals surface area contributed by atoms with Crippen LogP contribution in [0.15, 0.2) is 42.5 Å². The number of halogens is 1. The van der Waals surface area contributed by atoms with E-state index in [1.807, 2.05) is 0 Å². The molecule has 0 aliphatic carbocycles. The van der Waals surface area contributed by atoms with E-state index in [0.717, 1.165) is 5.69 Å². The zero-order valence-corrected chi connectivity index (χ0v) is 12.6. The highest BCUT2D eigenvalue weighted by molar-refractivity contribution is 6.30. The Morgan fingerprint density at radius 2 is 1.78 bits per heavy atom. The molecule has 0 atom stereocenters. The summed E-state index contributed by atoms with van der Waals surface area (Å²) in [6, 6.07) is 11.6. The first-order valence-corrected chi connectivity index (χ1v) is 7.20. The molecule has 1 heterocycles. The summed E-state index contributed by atoms with van der Waals surface area (Å²) < 4.78 is 0. The standard InChI is InChI=1S/C16H12ClN3O3/c17-9-2-1-3-10(6-9)18-8-14(21)19-11-4-5-12-13(7-11)16(23)20-15(12)22/h1-7,18H,8H2,(H,19,21)(H,20,22,23). The molecule has 2 aromatic carbocycles. The first-order valence-electron chi connectivity index (χ1n) is 6.82. The number of benzene rings is 2. The normalized spacial score (nSPS) is 12.6. The van der Waals surface area contributed by atoms with E-state index in [0.29, 0.717) is 16.3 Å². The highest BCUT2D eigenvalue weighted by atomic mass is 35.5. The van der Waals surface area contributed by atoms with Gasteiger partial charge in [0, 0.05) is 16.4 Å². The number of amides is 3. The van der Waals surface area contributed by atoms with Crippen LogP contribution in [0.25, 0.3) is 0 Å². The molecule has 0 fully saturated rings. The summed E-state index contributed by atoms with van der Waals surface area (Å²) in [5.74, 6) is -1.17. The molecule has 116 valence electrons. The number of carbonyl (C=O) groups excluding carboxylic acids is 3. The Balaban J connectivity index is 1.63. The number of fused-ring (bicyclic) bond motifs is 1. The summed E-state index contributed by atoms with van der Waals surface area (Å²) in [6.45, 7) is 0.0442. The summed E-state index contributed by atoms with van der Waals surface area (Å²) in [4.78, 5) is 35.0. The summed E-state index contributed by atoms with van der Waals surface area (Å²) >= 11 is 5.86. The van der Waals surface area contributed by atoms with E-state index in [4.69, 9.17) is 11.6 Å². The number of anilines is 2. The van der Waals surface area contributed by atoms with Crippen molar-refractivity contribution in [1.82, 2.24) is 5.32 Å². The van der Waals surface area contributed by atoms with Gasteiger partial charge in [0.15, 0.2) is 0 Å². The maximum absolute atomic E-state index is 11.9. The topological polar surface area (TPSA) is 87.3 Å². The number of hydrogen-bond donors (Lipinski definition) is 3. The minimum atomic E-state index is -0.460. The van der Waals surface area contributed by atoms with Crippen molar-refractivity contribution in [2.45, 2.75) is 0 Å². The van der Waals surface area contributed by atoms with Crippen molar-refractivity contribution < 1.29 is 14.4 Å². The minimum absolute atomic E-state index is 0.0442. The molecule has 1 aliphatic rings. The lowest BCUT2D eigenvalue weighted by atomic mass is 10.1. The van der Waals surface area contributed by atoms with Crippen molar-refractivity contribution in [3.05, 3.63) is 58.6 Å². The average molecular weight is 330 g/mol. The first kappa shape index (κ1) is 15.1. The van der Waals surface area contributed by atoms with Crippen LogP contribution in [0, 0.1) is 0 Å². The molecular weight excluding hydrogens is 318 g/mol. The Morgan fingerprint density at radius 3 is 2.57 bits per heavy atom. The van der Waals surface area contributed by atoms with Gasteiger partial charge in [0.1, 0.15) is 0 Å². The van der Waals surface area contributed by atoms with Crippen molar-refractivity contribution >= 4 is 40.7 Å². The van der Waals surface area contributed by atoms with Crippen LogP contribution >= 0.6 is 11.6 Å². The molecular formula is C16H12ClN3O3. The molecule has 0 aromatic heterocycles. The predicted octanol–water partition coefficient (Wildman–Crippen LogP) is 2.27. The predicted molar refractivity (Wildman–Crippen MR) is 86.8 cm³/mol. The van der Waals surface area contributed by atoms with E-state index in [1.165, 1.54) is 12.1 Å². The van der Waals surface area contributed by atoms with Gasteiger partial charge in [-0.25, -0.2) is 0 Å². The maximum Gasteiger partial charge on any atom is 0.259 e. The number of nitrogens with one attached hydrogen (secondary N) is 3. The lowest BCUT2D eigenvalue weighted by Crippen LogP contribution is -2.22. The summed E-state index contributed by atoms with van der Waals surface area (Å²) in [6.07, 6.45) is 0. The van der Waals surface area contributed by atoms with Crippen molar-refractivity contribution in [3.63, 3.8) is 0 Å². The summed E-state index contributed by atoms with van der Waals surface area (Å²) in [7, 11) is 0. The largest absolute Gasteiger partial charge is 0.376 e. The zero-order valence-electron chi connectivity index (χ0n) is 11.9. The fourth-order valence-electron chi connectivity index (χ4n) is 2.23. The van der Waals surface area contributed by atoms with Crippen LogP contribution in [0.2, 0.25) is 5.02 Å². The fourth-order valence-corrected chi connectivity index (χ4v) is 2.42. The molecule has 7 heteroatoms. The van der Waals surface area contributed by atoms with Gasteiger partial charge >= 0.3 is 0 Å². The SMILES string of the molecule is O=C(CNc1cccc(Cl)c1)Nc1ccc2c(c1)C(=O)NC2=O. The van der Waals surface area contributed by atoms with Gasteiger partial charge in [0.05, 0.1) is 17.7 Å². The third kappa shape index (κ3) is 3.32. The van der Waals surface area contributed by atoms with Gasteiger partial charge in [-0.05, 0) is 36.4 Å². The Morgan fingerprint density at radius 1 is 1.00 bits per heavy atom. The fraction of sp³-hybridized carbons (Fsp3) is 0.0625. The second-order valence-electron chi connectivity index (χ2n) is 4.96. The van der Waals surface area contributed by atoms with Gasteiger partial charge in [-0.15, -0.1) is 0 Å². The summed E-state index contributed by atoms with van der Waals surface area (Å²) in [5, 5.41) is 8.38. The Hall–Kier alpha value is -2.86. The molecule has 6 nitrogen and oxygen atoms in total. The number of carbonyl (C=O) groups is 3. The minimum Gasteiger partial charge on any atom is -0.376 e. The summed E-state index contributed by atoms with van der Waals surface area (Å²) in [5.41, 5.74) is 1.75. The van der Waals surface area contributed by atoms with E-state index in [2.05, 4.69) is 16.0 Å². The van der Waals surface area contributed by atoms with Crippen LogP contribution in [0.5, 0.6) is 0 Å². The van der Waals surface area contributed by atoms with Crippen LogP contribution in [0.1, 0.15) is 20.7 Å². The lowest BCUT2D eigenvalue weighted by Gasteiger charge is -2.08. The molecule has 0 saturated heterocycles. The quantitative estimate of drug-likeness (QED) is 0.751. The van der Waals surface area contributed by atoms with Crippen LogP contribution in [-0.4, -0.2) is 24.3 Å². The van der Waals surface area contributed by atoms with Crippen LogP contribution in [0.3, 0.4) is 0 Å². The van der Waals surface area contributed by atoms with Crippen LogP contribution < -0.4 is 16.0 Å². The molecule has 0 saturated carbocycles. The highest BCUT2D eigenvalue weighted by Crippen LogP contribution is 2.20. The molecule has 0 unspecified atom stereocenters. The van der Waals surface area contributed by atoms with Gasteiger partial charge < -0.3 is 10.6 Å². The smallest absolute Gasteiger partial charge is 0.259 e. The van der Waals surface area contributed by atoms with Crippen molar-refractivity contribution in [2.75, 3.05) is 17.2 Å². The molecule has 3 N–H and O–H groups in total. The highest BCUT2D eigenvalue weighted by Gasteiger charge is 2.26. The number of imide groups is 1. The molecule has 3 rings (SSSR count). The van der Waals surface area contributed by atoms with E-state index in [9.17, 15) is 14.4 Å². The first-order chi connectivity index (χ1) is 11.0. The van der Waals surface area contributed by atoms with Crippen molar-refractivity contribution in [2.24, 2.45) is 0 Å². The van der Waals surface area contributed by atoms with Crippen LogP contribution in [0.4, 0.5) is 11.4 Å². The van der Waals surface area contributed by atoms with E-state index >= 15 is 0 Å².